The third-order valence-corrected chi connectivity index (χ3v) is 5.83. The normalized spacial score (nSPS) is 22.5. The van der Waals surface area contributed by atoms with E-state index in [1.54, 1.807) is 7.11 Å². The number of nitrogens with one attached hydrogen (secondary N) is 1. The highest BCUT2D eigenvalue weighted by molar-refractivity contribution is 9.10. The largest absolute Gasteiger partial charge is 0.385 e. The maximum atomic E-state index is 12.7. The second kappa shape index (κ2) is 9.66. The summed E-state index contributed by atoms with van der Waals surface area (Å²) in [6, 6.07) is 8.28. The van der Waals surface area contributed by atoms with Crippen molar-refractivity contribution in [2.45, 2.75) is 18.8 Å². The van der Waals surface area contributed by atoms with Crippen LogP contribution in [0, 0.1) is 5.92 Å². The molecule has 148 valence electrons. The lowest BCUT2D eigenvalue weighted by atomic mass is 10.1. The molecular formula is C20H28BrN3O3. The molecule has 2 aliphatic rings. The summed E-state index contributed by atoms with van der Waals surface area (Å²) in [6.45, 7) is 4.63. The Balaban J connectivity index is 1.37. The molecule has 27 heavy (non-hydrogen) atoms. The van der Waals surface area contributed by atoms with Gasteiger partial charge in [0.1, 0.15) is 0 Å². The number of nitrogens with zero attached hydrogens (tertiary/aromatic N) is 2. The molecule has 1 heterocycles. The van der Waals surface area contributed by atoms with Crippen LogP contribution in [0.4, 0.5) is 0 Å². The quantitative estimate of drug-likeness (QED) is 0.630. The highest BCUT2D eigenvalue weighted by atomic mass is 79.9. The molecule has 1 saturated carbocycles. The molecule has 2 atom stereocenters. The smallest absolute Gasteiger partial charge is 0.234 e. The Kier molecular flexibility index (Phi) is 7.26. The van der Waals surface area contributed by atoms with Crippen LogP contribution in [0.2, 0.25) is 0 Å². The van der Waals surface area contributed by atoms with Gasteiger partial charge in [0.15, 0.2) is 0 Å². The van der Waals surface area contributed by atoms with Gasteiger partial charge in [-0.1, -0.05) is 28.1 Å². The van der Waals surface area contributed by atoms with Gasteiger partial charge in [-0.3, -0.25) is 14.5 Å². The van der Waals surface area contributed by atoms with E-state index in [4.69, 9.17) is 4.74 Å². The SMILES string of the molecule is COCCCNC(=O)CN1CCN(C(=O)C2CC2c2ccc(Br)cc2)CC1. The van der Waals surface area contributed by atoms with Gasteiger partial charge in [0.05, 0.1) is 6.54 Å². The van der Waals surface area contributed by atoms with E-state index in [0.29, 0.717) is 38.7 Å². The van der Waals surface area contributed by atoms with Gasteiger partial charge in [-0.15, -0.1) is 0 Å². The summed E-state index contributed by atoms with van der Waals surface area (Å²) in [6.07, 6.45) is 1.77. The summed E-state index contributed by atoms with van der Waals surface area (Å²) in [7, 11) is 1.66. The van der Waals surface area contributed by atoms with Crippen LogP contribution >= 0.6 is 15.9 Å². The van der Waals surface area contributed by atoms with Gasteiger partial charge in [-0.2, -0.15) is 0 Å². The zero-order valence-electron chi connectivity index (χ0n) is 15.8. The first-order valence-electron chi connectivity index (χ1n) is 9.60. The lowest BCUT2D eigenvalue weighted by Crippen LogP contribution is -2.51. The van der Waals surface area contributed by atoms with Gasteiger partial charge in [0.25, 0.3) is 0 Å². The molecule has 6 nitrogen and oxygen atoms in total. The molecule has 3 rings (SSSR count). The summed E-state index contributed by atoms with van der Waals surface area (Å²) in [4.78, 5) is 28.8. The number of piperazine rings is 1. The number of hydrogen-bond donors (Lipinski definition) is 1. The topological polar surface area (TPSA) is 61.9 Å². The molecule has 0 spiro atoms. The molecule has 1 aliphatic carbocycles. The Morgan fingerprint density at radius 2 is 1.89 bits per heavy atom. The van der Waals surface area contributed by atoms with Crippen molar-refractivity contribution in [3.05, 3.63) is 34.3 Å². The Morgan fingerprint density at radius 3 is 2.56 bits per heavy atom. The molecule has 0 aromatic heterocycles. The number of carbonyl (C=O) groups excluding carboxylic acids is 2. The maximum absolute atomic E-state index is 12.7. The van der Waals surface area contributed by atoms with E-state index in [9.17, 15) is 9.59 Å². The minimum atomic E-state index is 0.0448. The van der Waals surface area contributed by atoms with Crippen LogP contribution in [0.1, 0.15) is 24.3 Å². The van der Waals surface area contributed by atoms with E-state index in [-0.39, 0.29) is 17.7 Å². The molecule has 0 radical (unpaired) electrons. The van der Waals surface area contributed by atoms with Crippen LogP contribution in [0.25, 0.3) is 0 Å². The second-order valence-electron chi connectivity index (χ2n) is 7.30. The second-order valence-corrected chi connectivity index (χ2v) is 8.21. The molecule has 2 unspecified atom stereocenters. The number of benzene rings is 1. The van der Waals surface area contributed by atoms with Crippen molar-refractivity contribution in [2.75, 3.05) is 53.0 Å². The van der Waals surface area contributed by atoms with E-state index in [1.807, 2.05) is 17.0 Å². The first-order valence-corrected chi connectivity index (χ1v) is 10.4. The predicted octanol–water partition coefficient (Wildman–Crippen LogP) is 1.85. The maximum Gasteiger partial charge on any atom is 0.234 e. The fraction of sp³-hybridized carbons (Fsp3) is 0.600. The average molecular weight is 438 g/mol. The van der Waals surface area contributed by atoms with E-state index in [0.717, 1.165) is 30.4 Å². The highest BCUT2D eigenvalue weighted by Gasteiger charge is 2.46. The number of hydrogen-bond acceptors (Lipinski definition) is 4. The fourth-order valence-corrected chi connectivity index (χ4v) is 3.87. The molecule has 1 N–H and O–H groups in total. The van der Waals surface area contributed by atoms with Gasteiger partial charge in [-0.05, 0) is 36.5 Å². The Morgan fingerprint density at radius 1 is 1.19 bits per heavy atom. The zero-order chi connectivity index (χ0) is 19.2. The number of carbonyl (C=O) groups is 2. The fourth-order valence-electron chi connectivity index (χ4n) is 3.61. The Hall–Kier alpha value is -1.44. The molecule has 1 saturated heterocycles. The molecule has 2 amide bonds. The van der Waals surface area contributed by atoms with Crippen molar-refractivity contribution in [3.8, 4) is 0 Å². The predicted molar refractivity (Wildman–Crippen MR) is 108 cm³/mol. The molecule has 1 aliphatic heterocycles. The first kappa shape index (κ1) is 20.3. The number of amides is 2. The van der Waals surface area contributed by atoms with Crippen molar-refractivity contribution in [1.29, 1.82) is 0 Å². The lowest BCUT2D eigenvalue weighted by Gasteiger charge is -2.34. The van der Waals surface area contributed by atoms with Gasteiger partial charge in [-0.25, -0.2) is 0 Å². The van der Waals surface area contributed by atoms with E-state index < -0.39 is 0 Å². The highest BCUT2D eigenvalue weighted by Crippen LogP contribution is 2.48. The summed E-state index contributed by atoms with van der Waals surface area (Å²) in [5.74, 6) is 0.804. The molecule has 2 fully saturated rings. The third-order valence-electron chi connectivity index (χ3n) is 5.30. The van der Waals surface area contributed by atoms with Gasteiger partial charge < -0.3 is 15.0 Å². The number of ether oxygens (including phenoxy) is 1. The average Bonchev–Trinajstić information content (AvgIpc) is 3.47. The van der Waals surface area contributed by atoms with Crippen LogP contribution in [-0.2, 0) is 14.3 Å². The van der Waals surface area contributed by atoms with E-state index in [1.165, 1.54) is 5.56 Å². The van der Waals surface area contributed by atoms with Crippen LogP contribution in [0.15, 0.2) is 28.7 Å². The minimum absolute atomic E-state index is 0.0448. The summed E-state index contributed by atoms with van der Waals surface area (Å²) < 4.78 is 6.04. The van der Waals surface area contributed by atoms with Crippen LogP contribution in [0.5, 0.6) is 0 Å². The van der Waals surface area contributed by atoms with Gasteiger partial charge in [0, 0.05) is 56.8 Å². The van der Waals surface area contributed by atoms with Crippen molar-refractivity contribution >= 4 is 27.7 Å². The van der Waals surface area contributed by atoms with E-state index >= 15 is 0 Å². The van der Waals surface area contributed by atoms with Crippen LogP contribution in [-0.4, -0.2) is 74.6 Å². The zero-order valence-corrected chi connectivity index (χ0v) is 17.4. The van der Waals surface area contributed by atoms with E-state index in [2.05, 4.69) is 38.3 Å². The molecule has 1 aromatic carbocycles. The summed E-state index contributed by atoms with van der Waals surface area (Å²) in [5.41, 5.74) is 1.25. The Labute approximate surface area is 169 Å². The van der Waals surface area contributed by atoms with Crippen molar-refractivity contribution in [1.82, 2.24) is 15.1 Å². The van der Waals surface area contributed by atoms with Crippen molar-refractivity contribution < 1.29 is 14.3 Å². The molecule has 1 aromatic rings. The molecule has 0 bridgehead atoms. The lowest BCUT2D eigenvalue weighted by molar-refractivity contribution is -0.134. The van der Waals surface area contributed by atoms with Gasteiger partial charge >= 0.3 is 0 Å². The van der Waals surface area contributed by atoms with Crippen molar-refractivity contribution in [3.63, 3.8) is 0 Å². The van der Waals surface area contributed by atoms with Crippen LogP contribution in [0.3, 0.4) is 0 Å². The molecular weight excluding hydrogens is 410 g/mol. The molecule has 7 heteroatoms. The third kappa shape index (κ3) is 5.77. The number of rotatable bonds is 8. The first-order chi connectivity index (χ1) is 13.1. The Bertz CT molecular complexity index is 644. The summed E-state index contributed by atoms with van der Waals surface area (Å²) in [5, 5.41) is 2.91. The number of methoxy groups -OCH3 is 1. The monoisotopic (exact) mass is 437 g/mol. The standard InChI is InChI=1S/C20H28BrN3O3/c1-27-12-2-7-22-19(25)14-23-8-10-24(11-9-23)20(26)18-13-17(18)15-3-5-16(21)6-4-15/h3-6,17-18H,2,7-14H2,1H3,(H,22,25). The summed E-state index contributed by atoms with van der Waals surface area (Å²) >= 11 is 3.45. The van der Waals surface area contributed by atoms with Gasteiger partial charge in [0.2, 0.25) is 11.8 Å². The van der Waals surface area contributed by atoms with Crippen LogP contribution < -0.4 is 5.32 Å². The van der Waals surface area contributed by atoms with Crippen molar-refractivity contribution in [2.24, 2.45) is 5.92 Å². The minimum Gasteiger partial charge on any atom is -0.385 e. The number of halogens is 1.